The first-order valence-electron chi connectivity index (χ1n) is 8.27. The number of hydrogen-bond acceptors (Lipinski definition) is 5. The third-order valence-corrected chi connectivity index (χ3v) is 7.10. The lowest BCUT2D eigenvalue weighted by molar-refractivity contribution is -0.126. The number of sulfone groups is 1. The van der Waals surface area contributed by atoms with Crippen molar-refractivity contribution in [2.75, 3.05) is 23.0 Å². The summed E-state index contributed by atoms with van der Waals surface area (Å²) in [4.78, 5) is 26.4. The molecule has 8 nitrogen and oxygen atoms in total. The van der Waals surface area contributed by atoms with Crippen LogP contribution in [0.25, 0.3) is 10.9 Å². The Kier molecular flexibility index (Phi) is 4.26. The Morgan fingerprint density at radius 1 is 1.38 bits per heavy atom. The number of halogens is 1. The summed E-state index contributed by atoms with van der Waals surface area (Å²) in [6.07, 6.45) is 0.521. The van der Waals surface area contributed by atoms with Gasteiger partial charge in [-0.15, -0.1) is 0 Å². The topological polar surface area (TPSA) is 112 Å². The first kappa shape index (κ1) is 17.5. The van der Waals surface area contributed by atoms with Crippen molar-refractivity contribution in [1.29, 1.82) is 0 Å². The summed E-state index contributed by atoms with van der Waals surface area (Å²) in [5.41, 5.74) is 0.797. The van der Waals surface area contributed by atoms with E-state index in [1.165, 1.54) is 4.90 Å². The van der Waals surface area contributed by atoms with Crippen LogP contribution in [-0.4, -0.2) is 54.5 Å². The molecule has 4 rings (SSSR count). The van der Waals surface area contributed by atoms with Crippen LogP contribution in [0.5, 0.6) is 0 Å². The van der Waals surface area contributed by atoms with Gasteiger partial charge >= 0.3 is 0 Å². The van der Waals surface area contributed by atoms with Crippen molar-refractivity contribution in [3.05, 3.63) is 22.7 Å². The quantitative estimate of drug-likeness (QED) is 0.738. The maximum Gasteiger partial charge on any atom is 0.229 e. The average Bonchev–Trinajstić information content (AvgIpc) is 3.24. The van der Waals surface area contributed by atoms with Crippen LogP contribution < -0.4 is 10.2 Å². The van der Waals surface area contributed by atoms with Crippen LogP contribution in [0.1, 0.15) is 12.8 Å². The first-order valence-corrected chi connectivity index (χ1v) is 10.9. The zero-order valence-electron chi connectivity index (χ0n) is 13.7. The number of nitrogens with one attached hydrogen (secondary N) is 2. The maximum atomic E-state index is 12.5. The van der Waals surface area contributed by atoms with Crippen molar-refractivity contribution < 1.29 is 18.0 Å². The molecular formula is C16H17BrN4O4S. The number of fused-ring (bicyclic) bond motifs is 1. The SMILES string of the molecule is O=C(NC1CCS(=O)(=O)C1)C1CC(=O)N(c2n[nH]c3cc(Br)ccc23)C1. The number of benzene rings is 1. The third kappa shape index (κ3) is 3.23. The van der Waals surface area contributed by atoms with Crippen molar-refractivity contribution in [2.24, 2.45) is 5.92 Å². The molecule has 2 aromatic rings. The molecule has 0 saturated carbocycles. The van der Waals surface area contributed by atoms with Crippen molar-refractivity contribution in [3.63, 3.8) is 0 Å². The van der Waals surface area contributed by atoms with Crippen LogP contribution >= 0.6 is 15.9 Å². The summed E-state index contributed by atoms with van der Waals surface area (Å²) in [6, 6.07) is 5.24. The van der Waals surface area contributed by atoms with E-state index >= 15 is 0 Å². The minimum atomic E-state index is -3.06. The van der Waals surface area contributed by atoms with Gasteiger partial charge in [-0.1, -0.05) is 15.9 Å². The fraction of sp³-hybridized carbons (Fsp3) is 0.438. The van der Waals surface area contributed by atoms with Gasteiger partial charge in [0, 0.05) is 28.9 Å². The molecule has 0 spiro atoms. The molecule has 2 saturated heterocycles. The lowest BCUT2D eigenvalue weighted by Crippen LogP contribution is -2.40. The number of amides is 2. The number of aromatic nitrogens is 2. The highest BCUT2D eigenvalue weighted by Crippen LogP contribution is 2.31. The largest absolute Gasteiger partial charge is 0.352 e. The highest BCUT2D eigenvalue weighted by molar-refractivity contribution is 9.10. The third-order valence-electron chi connectivity index (χ3n) is 4.84. The van der Waals surface area contributed by atoms with Crippen LogP contribution in [0.3, 0.4) is 0 Å². The first-order chi connectivity index (χ1) is 12.3. The van der Waals surface area contributed by atoms with E-state index in [-0.39, 0.29) is 42.3 Å². The van der Waals surface area contributed by atoms with Gasteiger partial charge in [0.25, 0.3) is 0 Å². The summed E-state index contributed by atoms with van der Waals surface area (Å²) >= 11 is 3.39. The molecule has 0 bridgehead atoms. The number of carbonyl (C=O) groups is 2. The number of aromatic amines is 1. The smallest absolute Gasteiger partial charge is 0.229 e. The summed E-state index contributed by atoms with van der Waals surface area (Å²) in [7, 11) is -3.06. The molecule has 2 unspecified atom stereocenters. The molecule has 0 aliphatic carbocycles. The minimum Gasteiger partial charge on any atom is -0.352 e. The van der Waals surface area contributed by atoms with Gasteiger partial charge in [0.2, 0.25) is 11.8 Å². The zero-order chi connectivity index (χ0) is 18.5. The van der Waals surface area contributed by atoms with E-state index in [0.717, 1.165) is 15.4 Å². The van der Waals surface area contributed by atoms with E-state index in [4.69, 9.17) is 0 Å². The lowest BCUT2D eigenvalue weighted by atomic mass is 10.1. The van der Waals surface area contributed by atoms with Crippen LogP contribution in [0, 0.1) is 5.92 Å². The van der Waals surface area contributed by atoms with Crippen LogP contribution in [0.2, 0.25) is 0 Å². The van der Waals surface area contributed by atoms with E-state index in [9.17, 15) is 18.0 Å². The average molecular weight is 441 g/mol. The molecule has 2 aliphatic rings. The Bertz CT molecular complexity index is 1000. The lowest BCUT2D eigenvalue weighted by Gasteiger charge is -2.16. The second-order valence-corrected chi connectivity index (χ2v) is 9.90. The van der Waals surface area contributed by atoms with Gasteiger partial charge in [-0.2, -0.15) is 5.10 Å². The summed E-state index contributed by atoms with van der Waals surface area (Å²) < 4.78 is 23.9. The molecule has 26 heavy (non-hydrogen) atoms. The van der Waals surface area contributed by atoms with E-state index in [0.29, 0.717) is 12.2 Å². The van der Waals surface area contributed by atoms with Gasteiger partial charge < -0.3 is 5.32 Å². The van der Waals surface area contributed by atoms with Gasteiger partial charge in [0.15, 0.2) is 15.7 Å². The van der Waals surface area contributed by atoms with Crippen molar-refractivity contribution in [2.45, 2.75) is 18.9 Å². The Balaban J connectivity index is 1.49. The molecule has 3 heterocycles. The van der Waals surface area contributed by atoms with Gasteiger partial charge in [0.1, 0.15) is 0 Å². The Labute approximate surface area is 158 Å². The molecule has 1 aromatic carbocycles. The highest BCUT2D eigenvalue weighted by Gasteiger charge is 2.38. The number of H-pyrrole nitrogens is 1. The number of hydrogen-bond donors (Lipinski definition) is 2. The fourth-order valence-electron chi connectivity index (χ4n) is 3.50. The molecule has 1 aromatic heterocycles. The molecule has 138 valence electrons. The number of nitrogens with zero attached hydrogens (tertiary/aromatic N) is 2. The maximum absolute atomic E-state index is 12.5. The van der Waals surface area contributed by atoms with Crippen LogP contribution in [0.4, 0.5) is 5.82 Å². The van der Waals surface area contributed by atoms with Crippen molar-refractivity contribution >= 4 is 54.3 Å². The molecule has 0 radical (unpaired) electrons. The standard InChI is InChI=1S/C16H17BrN4O4S/c17-10-1-2-12-13(6-10)19-20-15(12)21-7-9(5-14(21)22)16(23)18-11-3-4-26(24,25)8-11/h1-2,6,9,11H,3-5,7-8H2,(H,18,23)(H,19,20). The highest BCUT2D eigenvalue weighted by atomic mass is 79.9. The van der Waals surface area contributed by atoms with Gasteiger partial charge in [0.05, 0.1) is 22.9 Å². The van der Waals surface area contributed by atoms with E-state index < -0.39 is 15.8 Å². The molecule has 2 aliphatic heterocycles. The van der Waals surface area contributed by atoms with Crippen molar-refractivity contribution in [3.8, 4) is 0 Å². The second-order valence-electron chi connectivity index (χ2n) is 6.75. The zero-order valence-corrected chi connectivity index (χ0v) is 16.1. The molecule has 2 amide bonds. The predicted octanol–water partition coefficient (Wildman–Crippen LogP) is 0.982. The molecular weight excluding hydrogens is 424 g/mol. The van der Waals surface area contributed by atoms with Gasteiger partial charge in [-0.3, -0.25) is 19.6 Å². The summed E-state index contributed by atoms with van der Waals surface area (Å²) in [5, 5.41) is 10.7. The van der Waals surface area contributed by atoms with Gasteiger partial charge in [-0.25, -0.2) is 8.42 Å². The van der Waals surface area contributed by atoms with Crippen molar-refractivity contribution in [1.82, 2.24) is 15.5 Å². The summed E-state index contributed by atoms with van der Waals surface area (Å²) in [6.45, 7) is 0.236. The fourth-order valence-corrected chi connectivity index (χ4v) is 5.53. The van der Waals surface area contributed by atoms with E-state index in [1.807, 2.05) is 18.2 Å². The van der Waals surface area contributed by atoms with Gasteiger partial charge in [-0.05, 0) is 24.6 Å². The monoisotopic (exact) mass is 440 g/mol. The van der Waals surface area contributed by atoms with Crippen LogP contribution in [0.15, 0.2) is 22.7 Å². The van der Waals surface area contributed by atoms with Crippen LogP contribution in [-0.2, 0) is 19.4 Å². The Morgan fingerprint density at radius 3 is 2.92 bits per heavy atom. The predicted molar refractivity (Wildman–Crippen MR) is 99.5 cm³/mol. The van der Waals surface area contributed by atoms with E-state index in [2.05, 4.69) is 31.4 Å². The number of carbonyl (C=O) groups excluding carboxylic acids is 2. The summed E-state index contributed by atoms with van der Waals surface area (Å²) in [5.74, 6) is -0.361. The Morgan fingerprint density at radius 2 is 2.19 bits per heavy atom. The second kappa shape index (κ2) is 6.34. The molecule has 2 N–H and O–H groups in total. The molecule has 2 atom stereocenters. The molecule has 2 fully saturated rings. The van der Waals surface area contributed by atoms with E-state index in [1.54, 1.807) is 0 Å². The minimum absolute atomic E-state index is 0.0258. The normalized spacial score (nSPS) is 25.1. The Hall–Kier alpha value is -1.94. The molecule has 10 heteroatoms. The number of rotatable bonds is 3. The number of anilines is 1.